The Morgan fingerprint density at radius 3 is 2.69 bits per heavy atom. The van der Waals surface area contributed by atoms with Gasteiger partial charge in [0.15, 0.2) is 11.5 Å². The number of hydrogen-bond donors (Lipinski definition) is 2. The maximum absolute atomic E-state index is 13.0. The monoisotopic (exact) mass is 475 g/mol. The van der Waals surface area contributed by atoms with E-state index in [1.807, 2.05) is 36.4 Å². The Labute approximate surface area is 203 Å². The van der Waals surface area contributed by atoms with Gasteiger partial charge in [-0.25, -0.2) is 0 Å². The Bertz CT molecular complexity index is 1330. The predicted molar refractivity (Wildman–Crippen MR) is 133 cm³/mol. The average Bonchev–Trinajstić information content (AvgIpc) is 3.18. The molecule has 1 aromatic heterocycles. The number of benzene rings is 2. The molecule has 1 atom stereocenters. The molecule has 0 unspecified atom stereocenters. The molecule has 2 aliphatic rings. The summed E-state index contributed by atoms with van der Waals surface area (Å²) in [5, 5.41) is 4.27. The summed E-state index contributed by atoms with van der Waals surface area (Å²) in [7, 11) is 4.80. The van der Waals surface area contributed by atoms with Crippen molar-refractivity contribution in [3.63, 3.8) is 0 Å². The number of aromatic amines is 1. The molecule has 2 N–H and O–H groups in total. The molecular weight excluding hydrogens is 446 g/mol. The van der Waals surface area contributed by atoms with E-state index in [1.54, 1.807) is 27.5 Å². The van der Waals surface area contributed by atoms with E-state index in [1.165, 1.54) is 10.5 Å². The van der Waals surface area contributed by atoms with Gasteiger partial charge in [0, 0.05) is 22.8 Å². The first-order valence-corrected chi connectivity index (χ1v) is 11.7. The summed E-state index contributed by atoms with van der Waals surface area (Å²) in [6.07, 6.45) is 6.45. The lowest BCUT2D eigenvalue weighted by Gasteiger charge is -2.25. The van der Waals surface area contributed by atoms with Crippen LogP contribution < -0.4 is 19.5 Å². The number of rotatable bonds is 6. The fourth-order valence-electron chi connectivity index (χ4n) is 5.01. The molecule has 0 spiro atoms. The maximum atomic E-state index is 13.0. The third-order valence-corrected chi connectivity index (χ3v) is 6.80. The predicted octanol–water partition coefficient (Wildman–Crippen LogP) is 3.74. The first-order chi connectivity index (χ1) is 17.0. The molecule has 2 aromatic carbocycles. The van der Waals surface area contributed by atoms with E-state index in [-0.39, 0.29) is 30.8 Å². The molecule has 5 rings (SSSR count). The van der Waals surface area contributed by atoms with Crippen molar-refractivity contribution in [2.24, 2.45) is 0 Å². The highest BCUT2D eigenvalue weighted by Crippen LogP contribution is 2.36. The number of H-pyrrole nitrogens is 1. The van der Waals surface area contributed by atoms with Gasteiger partial charge < -0.3 is 29.4 Å². The van der Waals surface area contributed by atoms with E-state index in [0.717, 1.165) is 52.7 Å². The molecule has 1 aliphatic carbocycles. The summed E-state index contributed by atoms with van der Waals surface area (Å²) >= 11 is 0. The minimum absolute atomic E-state index is 0.0442. The van der Waals surface area contributed by atoms with Crippen molar-refractivity contribution in [2.45, 2.75) is 31.7 Å². The fourth-order valence-corrected chi connectivity index (χ4v) is 5.01. The zero-order valence-electron chi connectivity index (χ0n) is 20.1. The minimum atomic E-state index is -0.196. The molecule has 8 heteroatoms. The molecule has 35 heavy (non-hydrogen) atoms. The van der Waals surface area contributed by atoms with E-state index in [4.69, 9.17) is 14.2 Å². The molecule has 2 heterocycles. The highest BCUT2D eigenvalue weighted by Gasteiger charge is 2.27. The summed E-state index contributed by atoms with van der Waals surface area (Å²) in [6, 6.07) is 9.51. The van der Waals surface area contributed by atoms with Gasteiger partial charge in [-0.2, -0.15) is 0 Å². The van der Waals surface area contributed by atoms with Gasteiger partial charge in [0.05, 0.1) is 33.8 Å². The van der Waals surface area contributed by atoms with Crippen molar-refractivity contribution in [3.05, 3.63) is 58.9 Å². The van der Waals surface area contributed by atoms with Gasteiger partial charge in [-0.1, -0.05) is 0 Å². The number of carbonyl (C=O) groups is 2. The van der Waals surface area contributed by atoms with Crippen molar-refractivity contribution in [2.75, 3.05) is 27.9 Å². The lowest BCUT2D eigenvalue weighted by molar-refractivity contribution is -0.133. The number of hydrogen-bond acceptors (Lipinski definition) is 5. The maximum Gasteiger partial charge on any atom is 0.240 e. The second-order valence-electron chi connectivity index (χ2n) is 8.86. The molecule has 0 fully saturated rings. The molecule has 2 amide bonds. The summed E-state index contributed by atoms with van der Waals surface area (Å²) in [5.41, 5.74) is 4.99. The zero-order valence-corrected chi connectivity index (χ0v) is 20.1. The first kappa shape index (κ1) is 22.8. The van der Waals surface area contributed by atoms with Crippen LogP contribution in [0.5, 0.6) is 17.2 Å². The van der Waals surface area contributed by atoms with E-state index >= 15 is 0 Å². The van der Waals surface area contributed by atoms with Crippen LogP contribution in [0.3, 0.4) is 0 Å². The van der Waals surface area contributed by atoms with Crippen molar-refractivity contribution in [1.29, 1.82) is 0 Å². The summed E-state index contributed by atoms with van der Waals surface area (Å²) in [6.45, 7) is -0.0442. The van der Waals surface area contributed by atoms with Crippen LogP contribution in [0.2, 0.25) is 0 Å². The van der Waals surface area contributed by atoms with Gasteiger partial charge in [0.1, 0.15) is 12.3 Å². The fraction of sp³-hybridized carbons (Fsp3) is 0.333. The first-order valence-electron chi connectivity index (χ1n) is 11.7. The van der Waals surface area contributed by atoms with Crippen molar-refractivity contribution >= 4 is 28.8 Å². The van der Waals surface area contributed by atoms with Crippen LogP contribution in [0, 0.1) is 0 Å². The van der Waals surface area contributed by atoms with Crippen LogP contribution in [0.1, 0.15) is 41.3 Å². The highest BCUT2D eigenvalue weighted by molar-refractivity contribution is 5.90. The summed E-state index contributed by atoms with van der Waals surface area (Å²) < 4.78 is 16.1. The van der Waals surface area contributed by atoms with Crippen LogP contribution in [-0.2, 0) is 22.4 Å². The van der Waals surface area contributed by atoms with Gasteiger partial charge in [0.25, 0.3) is 0 Å². The molecule has 0 saturated carbocycles. The number of fused-ring (bicyclic) bond motifs is 4. The third kappa shape index (κ3) is 4.32. The van der Waals surface area contributed by atoms with E-state index in [9.17, 15) is 9.59 Å². The SMILES string of the molecule is COc1ccc2[nH]c3c(c2c1)CCC[C@@H]3NC(=O)CN1C=Cc2cc(OC)c(OC)cc2CC1=O. The van der Waals surface area contributed by atoms with E-state index < -0.39 is 0 Å². The second-order valence-corrected chi connectivity index (χ2v) is 8.86. The Morgan fingerprint density at radius 1 is 1.11 bits per heavy atom. The number of aryl methyl sites for hydroxylation is 1. The van der Waals surface area contributed by atoms with Crippen LogP contribution in [0.15, 0.2) is 36.5 Å². The third-order valence-electron chi connectivity index (χ3n) is 6.80. The van der Waals surface area contributed by atoms with E-state index in [2.05, 4.69) is 10.3 Å². The van der Waals surface area contributed by atoms with Crippen LogP contribution in [0.25, 0.3) is 17.0 Å². The standard InChI is InChI=1S/C27H29N3O5/c1-33-18-7-8-21-20(14-18)19-5-4-6-22(27(19)29-21)28-25(31)15-30-10-9-16-11-23(34-2)24(35-3)12-17(16)13-26(30)32/h7-12,14,22,29H,4-6,13,15H2,1-3H3,(H,28,31)/t22-/m0/s1. The second kappa shape index (κ2) is 9.37. The average molecular weight is 476 g/mol. The number of carbonyl (C=O) groups excluding carboxylic acids is 2. The number of aromatic nitrogens is 1. The number of nitrogens with zero attached hydrogens (tertiary/aromatic N) is 1. The van der Waals surface area contributed by atoms with Crippen LogP contribution >= 0.6 is 0 Å². The Morgan fingerprint density at radius 2 is 1.91 bits per heavy atom. The summed E-state index contributed by atoms with van der Waals surface area (Å²) in [5.74, 6) is 1.64. The Kier molecular flexibility index (Phi) is 6.11. The van der Waals surface area contributed by atoms with Gasteiger partial charge in [0.2, 0.25) is 11.8 Å². The van der Waals surface area contributed by atoms with E-state index in [0.29, 0.717) is 11.5 Å². The molecule has 0 bridgehead atoms. The van der Waals surface area contributed by atoms with Crippen molar-refractivity contribution in [3.8, 4) is 17.2 Å². The lowest BCUT2D eigenvalue weighted by Crippen LogP contribution is -2.40. The van der Waals surface area contributed by atoms with Gasteiger partial charge in [-0.05, 0) is 72.4 Å². The number of amides is 2. The molecule has 0 saturated heterocycles. The minimum Gasteiger partial charge on any atom is -0.497 e. The molecule has 182 valence electrons. The Hall–Kier alpha value is -3.94. The van der Waals surface area contributed by atoms with Crippen LogP contribution in [0.4, 0.5) is 0 Å². The smallest absolute Gasteiger partial charge is 0.240 e. The summed E-state index contributed by atoms with van der Waals surface area (Å²) in [4.78, 5) is 30.9. The van der Waals surface area contributed by atoms with Crippen molar-refractivity contribution < 1.29 is 23.8 Å². The molecule has 0 radical (unpaired) electrons. The number of ether oxygens (including phenoxy) is 3. The van der Waals surface area contributed by atoms with Gasteiger partial charge >= 0.3 is 0 Å². The molecule has 8 nitrogen and oxygen atoms in total. The Balaban J connectivity index is 1.32. The normalized spacial score (nSPS) is 16.9. The lowest BCUT2D eigenvalue weighted by atomic mass is 9.91. The van der Waals surface area contributed by atoms with Gasteiger partial charge in [-0.15, -0.1) is 0 Å². The highest BCUT2D eigenvalue weighted by atomic mass is 16.5. The molecule has 1 aliphatic heterocycles. The van der Waals surface area contributed by atoms with Gasteiger partial charge in [-0.3, -0.25) is 9.59 Å². The largest absolute Gasteiger partial charge is 0.497 e. The van der Waals surface area contributed by atoms with Crippen LogP contribution in [-0.4, -0.2) is 49.6 Å². The topological polar surface area (TPSA) is 92.9 Å². The zero-order chi connectivity index (χ0) is 24.5. The quantitative estimate of drug-likeness (QED) is 0.567. The number of nitrogens with one attached hydrogen (secondary N) is 2. The number of methoxy groups -OCH3 is 3. The molecule has 3 aromatic rings. The molecular formula is C27H29N3O5. The van der Waals surface area contributed by atoms with Crippen molar-refractivity contribution in [1.82, 2.24) is 15.2 Å².